The largest absolute Gasteiger partial charge is 0.349 e. The highest BCUT2D eigenvalue weighted by molar-refractivity contribution is 7.88. The van der Waals surface area contributed by atoms with E-state index in [1.54, 1.807) is 0 Å². The molecule has 0 aliphatic carbocycles. The van der Waals surface area contributed by atoms with Gasteiger partial charge in [-0.25, -0.2) is 17.2 Å². The Bertz CT molecular complexity index is 345. The fraction of sp³-hybridized carbons (Fsp3) is 0.857. The van der Waals surface area contributed by atoms with Crippen molar-refractivity contribution in [3.05, 3.63) is 0 Å². The second-order valence-electron chi connectivity index (χ2n) is 3.36. The molecule has 0 aliphatic rings. The van der Waals surface area contributed by atoms with Crippen molar-refractivity contribution < 1.29 is 22.0 Å². The Morgan fingerprint density at radius 3 is 2.38 bits per heavy atom. The van der Waals surface area contributed by atoms with Crippen molar-refractivity contribution >= 4 is 15.9 Å². The number of sulfonamides is 1. The van der Waals surface area contributed by atoms with Crippen molar-refractivity contribution in [2.75, 3.05) is 32.9 Å². The van der Waals surface area contributed by atoms with Crippen molar-refractivity contribution in [2.45, 2.75) is 5.92 Å². The molecule has 0 aromatic rings. The lowest BCUT2D eigenvalue weighted by molar-refractivity contribution is -0.122. The van der Waals surface area contributed by atoms with Gasteiger partial charge in [-0.15, -0.1) is 0 Å². The first-order chi connectivity index (χ1) is 7.08. The zero-order valence-electron chi connectivity index (χ0n) is 9.03. The maximum atomic E-state index is 12.6. The van der Waals surface area contributed by atoms with Crippen LogP contribution in [0.3, 0.4) is 0 Å². The number of amides is 1. The molecule has 0 saturated heterocycles. The number of hydrogen-bond acceptors (Lipinski definition) is 4. The van der Waals surface area contributed by atoms with E-state index in [9.17, 15) is 22.0 Å². The van der Waals surface area contributed by atoms with E-state index in [1.807, 2.05) is 5.32 Å². The van der Waals surface area contributed by atoms with Crippen molar-refractivity contribution in [1.29, 1.82) is 0 Å². The molecule has 0 aliphatic heterocycles. The number of nitrogens with one attached hydrogen (secondary N) is 1. The molecule has 3 N–H and O–H groups in total. The molecule has 16 heavy (non-hydrogen) atoms. The summed E-state index contributed by atoms with van der Waals surface area (Å²) in [5.41, 5.74) is 4.76. The van der Waals surface area contributed by atoms with Gasteiger partial charge in [0.15, 0.2) is 0 Å². The van der Waals surface area contributed by atoms with Crippen LogP contribution in [0, 0.1) is 0 Å². The molecule has 0 rings (SSSR count). The van der Waals surface area contributed by atoms with E-state index >= 15 is 0 Å². The van der Waals surface area contributed by atoms with Gasteiger partial charge < -0.3 is 11.1 Å². The van der Waals surface area contributed by atoms with Crippen LogP contribution in [0.5, 0.6) is 0 Å². The summed E-state index contributed by atoms with van der Waals surface area (Å²) in [7, 11) is -2.32. The van der Waals surface area contributed by atoms with E-state index in [0.717, 1.165) is 10.6 Å². The van der Waals surface area contributed by atoms with Crippen molar-refractivity contribution in [3.8, 4) is 0 Å². The molecule has 0 unspecified atom stereocenters. The molecule has 0 fully saturated rings. The molecular formula is C7H15F2N3O3S. The van der Waals surface area contributed by atoms with Crippen LogP contribution in [-0.2, 0) is 14.8 Å². The smallest absolute Gasteiger partial charge is 0.277 e. The standard InChI is InChI=1S/C7H15F2N3O3S/c1-12(16(2,14)15)3-6(13)11-5-7(8,9)4-10/h3-5,10H2,1-2H3,(H,11,13). The minimum Gasteiger partial charge on any atom is -0.349 e. The van der Waals surface area contributed by atoms with Gasteiger partial charge in [0, 0.05) is 7.05 Å². The predicted molar refractivity (Wildman–Crippen MR) is 54.5 cm³/mol. The predicted octanol–water partition coefficient (Wildman–Crippen LogP) is -1.41. The minimum absolute atomic E-state index is 0.501. The summed E-state index contributed by atoms with van der Waals surface area (Å²) in [5, 5.41) is 1.90. The highest BCUT2D eigenvalue weighted by Gasteiger charge is 2.27. The second kappa shape index (κ2) is 5.51. The van der Waals surface area contributed by atoms with E-state index in [4.69, 9.17) is 5.73 Å². The number of alkyl halides is 2. The molecule has 9 heteroatoms. The number of halogens is 2. The van der Waals surface area contributed by atoms with Gasteiger partial charge in [-0.2, -0.15) is 4.31 Å². The summed E-state index contributed by atoms with van der Waals surface area (Å²) >= 11 is 0. The Morgan fingerprint density at radius 1 is 1.50 bits per heavy atom. The minimum atomic E-state index is -3.50. The lowest BCUT2D eigenvalue weighted by Gasteiger charge is -2.17. The van der Waals surface area contributed by atoms with Crippen LogP contribution >= 0.6 is 0 Å². The monoisotopic (exact) mass is 259 g/mol. The fourth-order valence-corrected chi connectivity index (χ4v) is 1.03. The third-order valence-electron chi connectivity index (χ3n) is 1.78. The van der Waals surface area contributed by atoms with E-state index < -0.39 is 41.5 Å². The van der Waals surface area contributed by atoms with Crippen LogP contribution in [0.25, 0.3) is 0 Å². The zero-order chi connectivity index (χ0) is 13.0. The van der Waals surface area contributed by atoms with Gasteiger partial charge in [0.05, 0.1) is 25.9 Å². The highest BCUT2D eigenvalue weighted by atomic mass is 32.2. The fourth-order valence-electron chi connectivity index (χ4n) is 0.675. The molecule has 1 amide bonds. The normalized spacial score (nSPS) is 12.9. The van der Waals surface area contributed by atoms with Gasteiger partial charge in [-0.3, -0.25) is 4.79 Å². The molecular weight excluding hydrogens is 244 g/mol. The summed E-state index contributed by atoms with van der Waals surface area (Å²) < 4.78 is 47.8. The summed E-state index contributed by atoms with van der Waals surface area (Å²) in [6.45, 7) is -2.28. The van der Waals surface area contributed by atoms with Crippen molar-refractivity contribution in [3.63, 3.8) is 0 Å². The molecule has 6 nitrogen and oxygen atoms in total. The van der Waals surface area contributed by atoms with Crippen LogP contribution in [0.4, 0.5) is 8.78 Å². The molecule has 0 aromatic carbocycles. The maximum absolute atomic E-state index is 12.6. The number of rotatable bonds is 6. The average molecular weight is 259 g/mol. The molecule has 0 saturated carbocycles. The van der Waals surface area contributed by atoms with Gasteiger partial charge in [0.1, 0.15) is 0 Å². The molecule has 0 radical (unpaired) electrons. The quantitative estimate of drug-likeness (QED) is 0.613. The van der Waals surface area contributed by atoms with Gasteiger partial charge in [0.25, 0.3) is 5.92 Å². The average Bonchev–Trinajstić information content (AvgIpc) is 2.13. The summed E-state index contributed by atoms with van der Waals surface area (Å²) in [4.78, 5) is 11.1. The maximum Gasteiger partial charge on any atom is 0.277 e. The Hall–Kier alpha value is -0.800. The van der Waals surface area contributed by atoms with Crippen LogP contribution < -0.4 is 11.1 Å². The van der Waals surface area contributed by atoms with E-state index in [-0.39, 0.29) is 0 Å². The van der Waals surface area contributed by atoms with E-state index in [2.05, 4.69) is 0 Å². The van der Waals surface area contributed by atoms with Crippen molar-refractivity contribution in [2.24, 2.45) is 5.73 Å². The molecule has 0 aromatic heterocycles. The topological polar surface area (TPSA) is 92.5 Å². The Kier molecular flexibility index (Phi) is 5.23. The first kappa shape index (κ1) is 15.2. The lowest BCUT2D eigenvalue weighted by atomic mass is 10.3. The SMILES string of the molecule is CN(CC(=O)NCC(F)(F)CN)S(C)(=O)=O. The number of hydrogen-bond donors (Lipinski definition) is 2. The van der Waals surface area contributed by atoms with Gasteiger partial charge in [0.2, 0.25) is 15.9 Å². The summed E-state index contributed by atoms with van der Waals surface area (Å²) in [6, 6.07) is 0. The zero-order valence-corrected chi connectivity index (χ0v) is 9.85. The summed E-state index contributed by atoms with van der Waals surface area (Å²) in [5.74, 6) is -3.99. The van der Waals surface area contributed by atoms with Crippen molar-refractivity contribution in [1.82, 2.24) is 9.62 Å². The van der Waals surface area contributed by atoms with Crippen LogP contribution in [0.2, 0.25) is 0 Å². The third kappa shape index (κ3) is 5.93. The lowest BCUT2D eigenvalue weighted by Crippen LogP contribution is -2.45. The second-order valence-corrected chi connectivity index (χ2v) is 5.45. The number of nitrogens with zero attached hydrogens (tertiary/aromatic N) is 1. The van der Waals surface area contributed by atoms with Crippen LogP contribution in [-0.4, -0.2) is 57.5 Å². The Morgan fingerprint density at radius 2 is 2.00 bits per heavy atom. The highest BCUT2D eigenvalue weighted by Crippen LogP contribution is 2.08. The van der Waals surface area contributed by atoms with E-state index in [0.29, 0.717) is 0 Å². The van der Waals surface area contributed by atoms with E-state index in [1.165, 1.54) is 7.05 Å². The number of likely N-dealkylation sites (N-methyl/N-ethyl adjacent to an activating group) is 1. The molecule has 96 valence electrons. The number of carbonyl (C=O) groups is 1. The summed E-state index contributed by atoms with van der Waals surface area (Å²) in [6.07, 6.45) is 0.911. The van der Waals surface area contributed by atoms with Crippen LogP contribution in [0.1, 0.15) is 0 Å². The molecule has 0 bridgehead atoms. The molecule has 0 heterocycles. The third-order valence-corrected chi connectivity index (χ3v) is 3.04. The van der Waals surface area contributed by atoms with Gasteiger partial charge >= 0.3 is 0 Å². The molecule has 0 atom stereocenters. The Labute approximate surface area is 92.8 Å². The Balaban J connectivity index is 4.12. The molecule has 0 spiro atoms. The van der Waals surface area contributed by atoms with Crippen LogP contribution in [0.15, 0.2) is 0 Å². The first-order valence-electron chi connectivity index (χ1n) is 4.34. The van der Waals surface area contributed by atoms with Gasteiger partial charge in [-0.1, -0.05) is 0 Å². The number of carbonyl (C=O) groups excluding carboxylic acids is 1. The van der Waals surface area contributed by atoms with Gasteiger partial charge in [-0.05, 0) is 0 Å². The first-order valence-corrected chi connectivity index (χ1v) is 6.19. The number of nitrogens with two attached hydrogens (primary N) is 1.